The molecule has 5 heteroatoms. The molecule has 1 atom stereocenters. The van der Waals surface area contributed by atoms with Crippen molar-refractivity contribution in [2.45, 2.75) is 13.3 Å². The third kappa shape index (κ3) is 4.78. The smallest absolute Gasteiger partial charge is 0.345 e. The monoisotopic (exact) mass is 326 g/mol. The predicted molar refractivity (Wildman–Crippen MR) is 87.4 cm³/mol. The van der Waals surface area contributed by atoms with Crippen LogP contribution in [0.5, 0.6) is 0 Å². The standard InChI is InChI=1S/C19H18O5/c1-2-14(13-23-17(20)15-9-5-3-6-10-15)18(21)24-19(22)16-11-7-4-8-12-16/h3-12,14H,2,13H2,1H3. The van der Waals surface area contributed by atoms with Gasteiger partial charge >= 0.3 is 17.9 Å². The molecule has 0 aliphatic heterocycles. The molecule has 0 N–H and O–H groups in total. The minimum absolute atomic E-state index is 0.134. The van der Waals surface area contributed by atoms with Gasteiger partial charge in [-0.3, -0.25) is 4.79 Å². The first kappa shape index (κ1) is 17.4. The van der Waals surface area contributed by atoms with E-state index in [0.29, 0.717) is 17.5 Å². The molecule has 2 rings (SSSR count). The molecule has 0 amide bonds. The van der Waals surface area contributed by atoms with Gasteiger partial charge < -0.3 is 9.47 Å². The Morgan fingerprint density at radius 2 is 1.33 bits per heavy atom. The van der Waals surface area contributed by atoms with Gasteiger partial charge in [0.1, 0.15) is 6.61 Å². The molecule has 0 spiro atoms. The van der Waals surface area contributed by atoms with E-state index in [-0.39, 0.29) is 6.61 Å². The number of esters is 3. The fraction of sp³-hybridized carbons (Fsp3) is 0.211. The predicted octanol–water partition coefficient (Wildman–Crippen LogP) is 3.25. The molecule has 5 nitrogen and oxygen atoms in total. The van der Waals surface area contributed by atoms with Gasteiger partial charge in [-0.1, -0.05) is 43.3 Å². The van der Waals surface area contributed by atoms with Crippen molar-refractivity contribution >= 4 is 17.9 Å². The first-order valence-electron chi connectivity index (χ1n) is 7.65. The second-order valence-electron chi connectivity index (χ2n) is 5.14. The van der Waals surface area contributed by atoms with Crippen molar-refractivity contribution in [1.29, 1.82) is 0 Å². The Bertz CT molecular complexity index is 694. The molecular formula is C19H18O5. The van der Waals surface area contributed by atoms with E-state index >= 15 is 0 Å². The number of ether oxygens (including phenoxy) is 2. The lowest BCUT2D eigenvalue weighted by Crippen LogP contribution is -2.26. The number of carbonyl (C=O) groups excluding carboxylic acids is 3. The summed E-state index contributed by atoms with van der Waals surface area (Å²) in [7, 11) is 0. The van der Waals surface area contributed by atoms with Crippen LogP contribution in [0.3, 0.4) is 0 Å². The average Bonchev–Trinajstić information content (AvgIpc) is 2.63. The van der Waals surface area contributed by atoms with Gasteiger partial charge in [0, 0.05) is 0 Å². The number of hydrogen-bond donors (Lipinski definition) is 0. The fourth-order valence-electron chi connectivity index (χ4n) is 1.99. The van der Waals surface area contributed by atoms with Crippen LogP contribution in [-0.4, -0.2) is 24.5 Å². The maximum atomic E-state index is 12.1. The molecular weight excluding hydrogens is 308 g/mol. The molecule has 0 saturated heterocycles. The molecule has 124 valence electrons. The fourth-order valence-corrected chi connectivity index (χ4v) is 1.99. The van der Waals surface area contributed by atoms with Crippen LogP contribution in [0.25, 0.3) is 0 Å². The summed E-state index contributed by atoms with van der Waals surface area (Å²) in [6, 6.07) is 16.7. The maximum Gasteiger partial charge on any atom is 0.345 e. The summed E-state index contributed by atoms with van der Waals surface area (Å²) in [5, 5.41) is 0. The Morgan fingerprint density at radius 3 is 1.83 bits per heavy atom. The zero-order valence-electron chi connectivity index (χ0n) is 13.3. The van der Waals surface area contributed by atoms with Crippen LogP contribution in [0.15, 0.2) is 60.7 Å². The van der Waals surface area contributed by atoms with Crippen molar-refractivity contribution in [1.82, 2.24) is 0 Å². The van der Waals surface area contributed by atoms with Crippen LogP contribution in [0.2, 0.25) is 0 Å². The summed E-state index contributed by atoms with van der Waals surface area (Å²) >= 11 is 0. The van der Waals surface area contributed by atoms with Crippen molar-refractivity contribution in [2.24, 2.45) is 5.92 Å². The summed E-state index contributed by atoms with van der Waals surface area (Å²) < 4.78 is 10.00. The SMILES string of the molecule is CCC(COC(=O)c1ccccc1)C(=O)OC(=O)c1ccccc1. The maximum absolute atomic E-state index is 12.1. The highest BCUT2D eigenvalue weighted by Gasteiger charge is 2.23. The van der Waals surface area contributed by atoms with E-state index in [2.05, 4.69) is 0 Å². The van der Waals surface area contributed by atoms with Gasteiger partial charge in [0.15, 0.2) is 0 Å². The van der Waals surface area contributed by atoms with Crippen LogP contribution < -0.4 is 0 Å². The second-order valence-corrected chi connectivity index (χ2v) is 5.14. The van der Waals surface area contributed by atoms with Gasteiger partial charge in [0.25, 0.3) is 0 Å². The number of rotatable bonds is 6. The zero-order valence-corrected chi connectivity index (χ0v) is 13.3. The molecule has 1 unspecified atom stereocenters. The van der Waals surface area contributed by atoms with Gasteiger partial charge in [0.2, 0.25) is 0 Å². The van der Waals surface area contributed by atoms with Crippen LogP contribution in [0, 0.1) is 5.92 Å². The van der Waals surface area contributed by atoms with Gasteiger partial charge in [0.05, 0.1) is 17.0 Å². The summed E-state index contributed by atoms with van der Waals surface area (Å²) in [6.07, 6.45) is 0.392. The Balaban J connectivity index is 1.90. The Hall–Kier alpha value is -2.95. The first-order chi connectivity index (χ1) is 11.6. The van der Waals surface area contributed by atoms with E-state index in [9.17, 15) is 14.4 Å². The minimum atomic E-state index is -0.714. The molecule has 0 aromatic heterocycles. The lowest BCUT2D eigenvalue weighted by Gasteiger charge is -2.13. The molecule has 0 heterocycles. The molecule has 0 fully saturated rings. The van der Waals surface area contributed by atoms with E-state index in [1.807, 2.05) is 0 Å². The normalized spacial score (nSPS) is 11.4. The first-order valence-corrected chi connectivity index (χ1v) is 7.65. The van der Waals surface area contributed by atoms with E-state index in [4.69, 9.17) is 9.47 Å². The van der Waals surface area contributed by atoms with Crippen molar-refractivity contribution in [3.05, 3.63) is 71.8 Å². The van der Waals surface area contributed by atoms with Crippen LogP contribution in [-0.2, 0) is 14.3 Å². The lowest BCUT2D eigenvalue weighted by molar-refractivity contribution is -0.144. The Morgan fingerprint density at radius 1 is 0.833 bits per heavy atom. The molecule has 0 saturated carbocycles. The van der Waals surface area contributed by atoms with Crippen molar-refractivity contribution in [3.63, 3.8) is 0 Å². The summed E-state index contributed by atoms with van der Waals surface area (Å²) in [6.45, 7) is 1.63. The average molecular weight is 326 g/mol. The van der Waals surface area contributed by atoms with Crippen LogP contribution >= 0.6 is 0 Å². The third-order valence-corrected chi connectivity index (χ3v) is 3.45. The molecule has 0 aliphatic rings. The second kappa shape index (κ2) is 8.62. The molecule has 0 bridgehead atoms. The molecule has 0 aliphatic carbocycles. The summed E-state index contributed by atoms with van der Waals surface area (Å²) in [5.74, 6) is -2.62. The van der Waals surface area contributed by atoms with Crippen molar-refractivity contribution in [2.75, 3.05) is 6.61 Å². The van der Waals surface area contributed by atoms with Crippen LogP contribution in [0.1, 0.15) is 34.1 Å². The van der Waals surface area contributed by atoms with Crippen LogP contribution in [0.4, 0.5) is 0 Å². The topological polar surface area (TPSA) is 69.7 Å². The quantitative estimate of drug-likeness (QED) is 0.602. The summed E-state index contributed by atoms with van der Waals surface area (Å²) in [5.41, 5.74) is 0.697. The van der Waals surface area contributed by atoms with Crippen molar-refractivity contribution < 1.29 is 23.9 Å². The van der Waals surface area contributed by atoms with Gasteiger partial charge in [-0.2, -0.15) is 0 Å². The number of benzene rings is 2. The third-order valence-electron chi connectivity index (χ3n) is 3.45. The molecule has 0 radical (unpaired) electrons. The Labute approximate surface area is 140 Å². The molecule has 24 heavy (non-hydrogen) atoms. The summed E-state index contributed by atoms with van der Waals surface area (Å²) in [4.78, 5) is 35.8. The van der Waals surface area contributed by atoms with Gasteiger partial charge in [-0.05, 0) is 30.7 Å². The van der Waals surface area contributed by atoms with Crippen molar-refractivity contribution in [3.8, 4) is 0 Å². The molecule has 2 aromatic rings. The highest BCUT2D eigenvalue weighted by molar-refractivity contribution is 5.97. The number of carbonyl (C=O) groups is 3. The minimum Gasteiger partial charge on any atom is -0.461 e. The highest BCUT2D eigenvalue weighted by Crippen LogP contribution is 2.11. The molecule has 2 aromatic carbocycles. The van der Waals surface area contributed by atoms with E-state index in [0.717, 1.165) is 0 Å². The van der Waals surface area contributed by atoms with Gasteiger partial charge in [-0.25, -0.2) is 9.59 Å². The Kier molecular flexibility index (Phi) is 6.25. The van der Waals surface area contributed by atoms with Gasteiger partial charge in [-0.15, -0.1) is 0 Å². The van der Waals surface area contributed by atoms with E-state index in [1.165, 1.54) is 0 Å². The van der Waals surface area contributed by atoms with E-state index in [1.54, 1.807) is 67.6 Å². The number of hydrogen-bond acceptors (Lipinski definition) is 5. The lowest BCUT2D eigenvalue weighted by atomic mass is 10.1. The zero-order chi connectivity index (χ0) is 17.4. The largest absolute Gasteiger partial charge is 0.461 e. The highest BCUT2D eigenvalue weighted by atomic mass is 16.6. The van der Waals surface area contributed by atoms with E-state index < -0.39 is 23.8 Å².